The lowest BCUT2D eigenvalue weighted by Gasteiger charge is -2.49. The van der Waals surface area contributed by atoms with Gasteiger partial charge in [-0.3, -0.25) is 9.59 Å². The van der Waals surface area contributed by atoms with Crippen molar-refractivity contribution in [1.29, 1.82) is 0 Å². The molecule has 2 atom stereocenters. The highest BCUT2D eigenvalue weighted by atomic mass is 16.2. The van der Waals surface area contributed by atoms with Gasteiger partial charge in [-0.05, 0) is 24.7 Å². The minimum absolute atomic E-state index is 0.0305. The van der Waals surface area contributed by atoms with E-state index in [1.807, 2.05) is 34.6 Å². The van der Waals surface area contributed by atoms with Crippen LogP contribution in [0, 0.1) is 11.3 Å². The predicted octanol–water partition coefficient (Wildman–Crippen LogP) is 2.18. The maximum absolute atomic E-state index is 12.7. The minimum atomic E-state index is -0.756. The molecule has 0 aromatic heterocycles. The number of carbonyl (C=O) groups is 2. The van der Waals surface area contributed by atoms with Gasteiger partial charge in [-0.1, -0.05) is 41.5 Å². The minimum Gasteiger partial charge on any atom is -0.340 e. The van der Waals surface area contributed by atoms with E-state index in [2.05, 4.69) is 19.2 Å². The lowest BCUT2D eigenvalue weighted by atomic mass is 9.80. The molecular formula is C15H28N2O2. The first kappa shape index (κ1) is 16.0. The molecule has 4 heteroatoms. The Morgan fingerprint density at radius 2 is 1.84 bits per heavy atom. The molecule has 19 heavy (non-hydrogen) atoms. The van der Waals surface area contributed by atoms with Gasteiger partial charge in [-0.15, -0.1) is 0 Å². The molecule has 0 radical (unpaired) electrons. The summed E-state index contributed by atoms with van der Waals surface area (Å²) < 4.78 is 0. The molecule has 0 aliphatic carbocycles. The van der Waals surface area contributed by atoms with Gasteiger partial charge in [0.1, 0.15) is 11.6 Å². The molecule has 0 saturated carbocycles. The monoisotopic (exact) mass is 268 g/mol. The molecular weight excluding hydrogens is 240 g/mol. The zero-order chi connectivity index (χ0) is 15.0. The Kier molecular flexibility index (Phi) is 4.33. The van der Waals surface area contributed by atoms with Crippen LogP contribution in [-0.2, 0) is 9.59 Å². The lowest BCUT2D eigenvalue weighted by Crippen LogP contribution is -2.71. The molecule has 1 rings (SSSR count). The average Bonchev–Trinajstić information content (AvgIpc) is 2.22. The fraction of sp³-hybridized carbons (Fsp3) is 0.867. The van der Waals surface area contributed by atoms with E-state index in [1.54, 1.807) is 4.90 Å². The van der Waals surface area contributed by atoms with E-state index in [0.29, 0.717) is 18.9 Å². The Labute approximate surface area is 116 Å². The van der Waals surface area contributed by atoms with Gasteiger partial charge in [-0.2, -0.15) is 0 Å². The van der Waals surface area contributed by atoms with Gasteiger partial charge in [0.15, 0.2) is 0 Å². The van der Waals surface area contributed by atoms with Crippen molar-refractivity contribution in [2.45, 2.75) is 66.5 Å². The van der Waals surface area contributed by atoms with Crippen molar-refractivity contribution in [3.8, 4) is 0 Å². The van der Waals surface area contributed by atoms with Crippen molar-refractivity contribution in [3.05, 3.63) is 0 Å². The zero-order valence-electron chi connectivity index (χ0n) is 13.3. The van der Waals surface area contributed by atoms with Crippen LogP contribution in [-0.4, -0.2) is 34.8 Å². The molecule has 2 amide bonds. The molecule has 0 spiro atoms. The van der Waals surface area contributed by atoms with E-state index in [-0.39, 0.29) is 23.3 Å². The molecule has 1 saturated heterocycles. The highest BCUT2D eigenvalue weighted by Crippen LogP contribution is 2.32. The number of piperazine rings is 1. The van der Waals surface area contributed by atoms with Crippen LogP contribution < -0.4 is 5.32 Å². The second-order valence-electron chi connectivity index (χ2n) is 7.29. The number of hydrogen-bond donors (Lipinski definition) is 1. The van der Waals surface area contributed by atoms with Gasteiger partial charge in [0.25, 0.3) is 0 Å². The third-order valence-corrected chi connectivity index (χ3v) is 3.78. The van der Waals surface area contributed by atoms with Crippen LogP contribution in [0.5, 0.6) is 0 Å². The van der Waals surface area contributed by atoms with Crippen LogP contribution in [0.25, 0.3) is 0 Å². The zero-order valence-corrected chi connectivity index (χ0v) is 13.3. The number of nitrogens with zero attached hydrogens (tertiary/aromatic N) is 1. The molecule has 2 unspecified atom stereocenters. The van der Waals surface area contributed by atoms with Gasteiger partial charge < -0.3 is 10.2 Å². The van der Waals surface area contributed by atoms with Gasteiger partial charge >= 0.3 is 0 Å². The lowest BCUT2D eigenvalue weighted by molar-refractivity contribution is -0.159. The topological polar surface area (TPSA) is 49.4 Å². The number of carbonyl (C=O) groups excluding carboxylic acids is 2. The molecule has 1 aliphatic rings. The molecule has 1 N–H and O–H groups in total. The molecule has 1 aliphatic heterocycles. The molecule has 0 aromatic carbocycles. The molecule has 1 heterocycles. The maximum Gasteiger partial charge on any atom is 0.248 e. The summed E-state index contributed by atoms with van der Waals surface area (Å²) in [5, 5.41) is 2.92. The number of hydrogen-bond acceptors (Lipinski definition) is 2. The summed E-state index contributed by atoms with van der Waals surface area (Å²) in [7, 11) is 0. The van der Waals surface area contributed by atoms with E-state index in [0.717, 1.165) is 0 Å². The normalized spacial score (nSPS) is 28.8. The van der Waals surface area contributed by atoms with Crippen LogP contribution in [0.4, 0.5) is 0 Å². The van der Waals surface area contributed by atoms with Crippen molar-refractivity contribution in [2.75, 3.05) is 6.54 Å². The van der Waals surface area contributed by atoms with E-state index >= 15 is 0 Å². The average molecular weight is 268 g/mol. The fourth-order valence-corrected chi connectivity index (χ4v) is 2.65. The van der Waals surface area contributed by atoms with E-state index in [1.165, 1.54) is 0 Å². The van der Waals surface area contributed by atoms with Gasteiger partial charge in [-0.25, -0.2) is 0 Å². The van der Waals surface area contributed by atoms with Crippen LogP contribution in [0.15, 0.2) is 0 Å². The standard InChI is InChI=1S/C15H28N2O2/c1-8-15(7)13(19)17(9-10(2)3)11(12(18)16-15)14(4,5)6/h10-11H,8-9H2,1-7H3,(H,16,18). The van der Waals surface area contributed by atoms with Gasteiger partial charge in [0.05, 0.1) is 0 Å². The Morgan fingerprint density at radius 1 is 1.32 bits per heavy atom. The van der Waals surface area contributed by atoms with Gasteiger partial charge in [0.2, 0.25) is 11.8 Å². The number of amides is 2. The molecule has 0 aromatic rings. The predicted molar refractivity (Wildman–Crippen MR) is 76.6 cm³/mol. The highest BCUT2D eigenvalue weighted by molar-refractivity contribution is 5.99. The molecule has 4 nitrogen and oxygen atoms in total. The third-order valence-electron chi connectivity index (χ3n) is 3.78. The summed E-state index contributed by atoms with van der Waals surface area (Å²) in [6.07, 6.45) is 0.614. The number of nitrogens with one attached hydrogen (secondary N) is 1. The Bertz CT molecular complexity index is 371. The Morgan fingerprint density at radius 3 is 2.21 bits per heavy atom. The van der Waals surface area contributed by atoms with Crippen LogP contribution in [0.1, 0.15) is 54.9 Å². The van der Waals surface area contributed by atoms with Crippen molar-refractivity contribution in [1.82, 2.24) is 10.2 Å². The Balaban J connectivity index is 3.19. The second-order valence-corrected chi connectivity index (χ2v) is 7.29. The fourth-order valence-electron chi connectivity index (χ4n) is 2.65. The summed E-state index contributed by atoms with van der Waals surface area (Å²) in [5.74, 6) is 0.362. The first-order chi connectivity index (χ1) is 8.53. The summed E-state index contributed by atoms with van der Waals surface area (Å²) in [4.78, 5) is 27.0. The van der Waals surface area contributed by atoms with E-state index in [4.69, 9.17) is 0 Å². The van der Waals surface area contributed by atoms with Crippen molar-refractivity contribution in [3.63, 3.8) is 0 Å². The highest BCUT2D eigenvalue weighted by Gasteiger charge is 2.50. The first-order valence-corrected chi connectivity index (χ1v) is 7.16. The summed E-state index contributed by atoms with van der Waals surface area (Å²) in [6, 6.07) is -0.387. The first-order valence-electron chi connectivity index (χ1n) is 7.16. The smallest absolute Gasteiger partial charge is 0.248 e. The third kappa shape index (κ3) is 3.10. The van der Waals surface area contributed by atoms with Gasteiger partial charge in [0, 0.05) is 6.54 Å². The molecule has 110 valence electrons. The van der Waals surface area contributed by atoms with Crippen LogP contribution in [0.3, 0.4) is 0 Å². The summed E-state index contributed by atoms with van der Waals surface area (Å²) in [6.45, 7) is 14.5. The van der Waals surface area contributed by atoms with Crippen molar-refractivity contribution < 1.29 is 9.59 Å². The SMILES string of the molecule is CCC1(C)NC(=O)C(C(C)(C)C)N(CC(C)C)C1=O. The molecule has 1 fully saturated rings. The molecule has 0 bridgehead atoms. The van der Waals surface area contributed by atoms with Crippen LogP contribution in [0.2, 0.25) is 0 Å². The second kappa shape index (κ2) is 5.14. The van der Waals surface area contributed by atoms with Crippen molar-refractivity contribution >= 4 is 11.8 Å². The number of rotatable bonds is 3. The van der Waals surface area contributed by atoms with E-state index < -0.39 is 5.54 Å². The maximum atomic E-state index is 12.7. The quantitative estimate of drug-likeness (QED) is 0.853. The van der Waals surface area contributed by atoms with E-state index in [9.17, 15) is 9.59 Å². The Hall–Kier alpha value is -1.06. The summed E-state index contributed by atoms with van der Waals surface area (Å²) >= 11 is 0. The van der Waals surface area contributed by atoms with Crippen LogP contribution >= 0.6 is 0 Å². The summed E-state index contributed by atoms with van der Waals surface area (Å²) in [5.41, 5.74) is -1.02. The van der Waals surface area contributed by atoms with Crippen molar-refractivity contribution in [2.24, 2.45) is 11.3 Å². The largest absolute Gasteiger partial charge is 0.340 e.